The van der Waals surface area contributed by atoms with E-state index in [0.717, 1.165) is 0 Å². The first-order valence-electron chi connectivity index (χ1n) is 5.60. The van der Waals surface area contributed by atoms with Gasteiger partial charge >= 0.3 is 5.97 Å². The summed E-state index contributed by atoms with van der Waals surface area (Å²) in [6.07, 6.45) is 3.93. The highest BCUT2D eigenvalue weighted by Gasteiger charge is 2.15. The summed E-state index contributed by atoms with van der Waals surface area (Å²) in [4.78, 5) is 30.9. The molecule has 0 unspecified atom stereocenters. The largest absolute Gasteiger partial charge is 0.478 e. The molecule has 0 saturated heterocycles. The zero-order valence-electron chi connectivity index (χ0n) is 10.4. The Morgan fingerprint density at radius 2 is 2.05 bits per heavy atom. The van der Waals surface area contributed by atoms with Crippen molar-refractivity contribution in [3.05, 3.63) is 52.6 Å². The molecule has 2 heterocycles. The minimum absolute atomic E-state index is 0.0513. The molecule has 7 heteroatoms. The van der Waals surface area contributed by atoms with E-state index >= 15 is 0 Å². The summed E-state index contributed by atoms with van der Waals surface area (Å²) in [6, 6.07) is 2.85. The molecule has 6 nitrogen and oxygen atoms in total. The lowest BCUT2D eigenvalue weighted by Crippen LogP contribution is -2.16. The highest BCUT2D eigenvalue weighted by molar-refractivity contribution is 6.34. The number of aryl methyl sites for hydroxylation is 1. The third-order valence-electron chi connectivity index (χ3n) is 2.53. The Labute approximate surface area is 119 Å². The van der Waals surface area contributed by atoms with E-state index in [-0.39, 0.29) is 21.8 Å². The summed E-state index contributed by atoms with van der Waals surface area (Å²) in [5, 5.41) is 11.7. The van der Waals surface area contributed by atoms with Gasteiger partial charge in [0.25, 0.3) is 5.91 Å². The number of carbonyl (C=O) groups is 2. The first kappa shape index (κ1) is 14.0. The van der Waals surface area contributed by atoms with Gasteiger partial charge in [0.15, 0.2) is 0 Å². The van der Waals surface area contributed by atoms with E-state index in [2.05, 4.69) is 15.3 Å². The second kappa shape index (κ2) is 5.66. The Morgan fingerprint density at radius 1 is 1.30 bits per heavy atom. The number of carbonyl (C=O) groups excluding carboxylic acids is 1. The van der Waals surface area contributed by atoms with Crippen LogP contribution in [-0.2, 0) is 0 Å². The van der Waals surface area contributed by atoms with E-state index in [1.54, 1.807) is 13.0 Å². The number of aromatic nitrogens is 2. The van der Waals surface area contributed by atoms with Crippen LogP contribution in [0.1, 0.15) is 26.4 Å². The van der Waals surface area contributed by atoms with Gasteiger partial charge in [0.2, 0.25) is 0 Å². The standard InChI is InChI=1S/C13H10ClN3O3/c1-7-4-10(14)9(5-16-7)12(18)17-11-6-15-3-2-8(11)13(19)20/h2-6H,1H3,(H,17,18)(H,19,20). The highest BCUT2D eigenvalue weighted by atomic mass is 35.5. The van der Waals surface area contributed by atoms with E-state index in [4.69, 9.17) is 16.7 Å². The SMILES string of the molecule is Cc1cc(Cl)c(C(=O)Nc2cnccc2C(=O)O)cn1. The number of nitrogens with one attached hydrogen (secondary N) is 1. The van der Waals surface area contributed by atoms with Gasteiger partial charge < -0.3 is 10.4 Å². The van der Waals surface area contributed by atoms with E-state index in [1.807, 2.05) is 0 Å². The van der Waals surface area contributed by atoms with Gasteiger partial charge in [-0.2, -0.15) is 0 Å². The molecule has 0 aliphatic heterocycles. The molecule has 0 fully saturated rings. The maximum atomic E-state index is 12.1. The Morgan fingerprint density at radius 3 is 2.70 bits per heavy atom. The molecular formula is C13H10ClN3O3. The maximum absolute atomic E-state index is 12.1. The Hall–Kier alpha value is -2.47. The third-order valence-corrected chi connectivity index (χ3v) is 2.85. The molecule has 0 spiro atoms. The van der Waals surface area contributed by atoms with Crippen LogP contribution in [0.4, 0.5) is 5.69 Å². The van der Waals surface area contributed by atoms with Gasteiger partial charge in [-0.15, -0.1) is 0 Å². The number of pyridine rings is 2. The van der Waals surface area contributed by atoms with Crippen molar-refractivity contribution in [3.8, 4) is 0 Å². The van der Waals surface area contributed by atoms with Gasteiger partial charge in [-0.05, 0) is 19.1 Å². The van der Waals surface area contributed by atoms with Crippen LogP contribution in [0.3, 0.4) is 0 Å². The van der Waals surface area contributed by atoms with Crippen LogP contribution in [0, 0.1) is 6.92 Å². The van der Waals surface area contributed by atoms with E-state index in [0.29, 0.717) is 5.69 Å². The summed E-state index contributed by atoms with van der Waals surface area (Å²) in [5.41, 5.74) is 0.891. The van der Waals surface area contributed by atoms with Crippen molar-refractivity contribution >= 4 is 29.2 Å². The van der Waals surface area contributed by atoms with E-state index < -0.39 is 11.9 Å². The van der Waals surface area contributed by atoms with Gasteiger partial charge in [0.1, 0.15) is 0 Å². The predicted molar refractivity (Wildman–Crippen MR) is 73.1 cm³/mol. The summed E-state index contributed by atoms with van der Waals surface area (Å²) >= 11 is 5.96. The fourth-order valence-electron chi connectivity index (χ4n) is 1.56. The molecule has 2 aromatic heterocycles. The minimum Gasteiger partial charge on any atom is -0.478 e. The molecular weight excluding hydrogens is 282 g/mol. The monoisotopic (exact) mass is 291 g/mol. The molecule has 1 amide bonds. The molecule has 2 aromatic rings. The van der Waals surface area contributed by atoms with Crippen molar-refractivity contribution in [3.63, 3.8) is 0 Å². The number of nitrogens with zero attached hydrogens (tertiary/aromatic N) is 2. The predicted octanol–water partition coefficient (Wildman–Crippen LogP) is 2.39. The van der Waals surface area contributed by atoms with Crippen molar-refractivity contribution in [2.45, 2.75) is 6.92 Å². The van der Waals surface area contributed by atoms with Crippen LogP contribution < -0.4 is 5.32 Å². The van der Waals surface area contributed by atoms with Crippen LogP contribution in [0.25, 0.3) is 0 Å². The molecule has 102 valence electrons. The summed E-state index contributed by atoms with van der Waals surface area (Å²) in [7, 11) is 0. The number of hydrogen-bond donors (Lipinski definition) is 2. The zero-order chi connectivity index (χ0) is 14.7. The molecule has 0 radical (unpaired) electrons. The van der Waals surface area contributed by atoms with Gasteiger partial charge in [0, 0.05) is 18.1 Å². The lowest BCUT2D eigenvalue weighted by atomic mass is 10.2. The van der Waals surface area contributed by atoms with Crippen LogP contribution in [0.15, 0.2) is 30.7 Å². The lowest BCUT2D eigenvalue weighted by molar-refractivity contribution is 0.0698. The molecule has 0 bridgehead atoms. The zero-order valence-corrected chi connectivity index (χ0v) is 11.2. The average molecular weight is 292 g/mol. The minimum atomic E-state index is -1.16. The molecule has 20 heavy (non-hydrogen) atoms. The van der Waals surface area contributed by atoms with Gasteiger partial charge in [0.05, 0.1) is 28.0 Å². The Kier molecular flexibility index (Phi) is 3.95. The molecule has 0 aliphatic rings. The number of halogens is 1. The van der Waals surface area contributed by atoms with Gasteiger partial charge in [-0.1, -0.05) is 11.6 Å². The lowest BCUT2D eigenvalue weighted by Gasteiger charge is -2.08. The van der Waals surface area contributed by atoms with Crippen LogP contribution in [0.2, 0.25) is 5.02 Å². The molecule has 0 atom stereocenters. The molecule has 0 aliphatic carbocycles. The molecule has 2 rings (SSSR count). The number of carboxylic acid groups (broad SMARTS) is 1. The number of carboxylic acids is 1. The second-order valence-electron chi connectivity index (χ2n) is 3.99. The number of anilines is 1. The van der Waals surface area contributed by atoms with E-state index in [9.17, 15) is 9.59 Å². The molecule has 0 saturated carbocycles. The van der Waals surface area contributed by atoms with E-state index in [1.165, 1.54) is 24.7 Å². The van der Waals surface area contributed by atoms with Crippen molar-refractivity contribution in [2.75, 3.05) is 5.32 Å². The maximum Gasteiger partial charge on any atom is 0.337 e. The quantitative estimate of drug-likeness (QED) is 0.906. The smallest absolute Gasteiger partial charge is 0.337 e. The van der Waals surface area contributed by atoms with Gasteiger partial charge in [-0.25, -0.2) is 4.79 Å². The topological polar surface area (TPSA) is 92.2 Å². The Balaban J connectivity index is 2.30. The van der Waals surface area contributed by atoms with Crippen molar-refractivity contribution in [1.29, 1.82) is 0 Å². The third kappa shape index (κ3) is 2.92. The first-order chi connectivity index (χ1) is 9.49. The number of hydrogen-bond acceptors (Lipinski definition) is 4. The van der Waals surface area contributed by atoms with Crippen LogP contribution in [-0.4, -0.2) is 27.0 Å². The fraction of sp³-hybridized carbons (Fsp3) is 0.0769. The van der Waals surface area contributed by atoms with Crippen molar-refractivity contribution in [2.24, 2.45) is 0 Å². The summed E-state index contributed by atoms with van der Waals surface area (Å²) in [6.45, 7) is 1.75. The fourth-order valence-corrected chi connectivity index (χ4v) is 1.86. The molecule has 0 aromatic carbocycles. The number of aromatic carboxylic acids is 1. The average Bonchev–Trinajstić information content (AvgIpc) is 2.38. The number of rotatable bonds is 3. The normalized spacial score (nSPS) is 10.1. The molecule has 2 N–H and O–H groups in total. The summed E-state index contributed by atoms with van der Waals surface area (Å²) in [5.74, 6) is -1.70. The highest BCUT2D eigenvalue weighted by Crippen LogP contribution is 2.19. The first-order valence-corrected chi connectivity index (χ1v) is 5.97. The van der Waals surface area contributed by atoms with Gasteiger partial charge in [-0.3, -0.25) is 14.8 Å². The van der Waals surface area contributed by atoms with Crippen molar-refractivity contribution < 1.29 is 14.7 Å². The Bertz CT molecular complexity index is 688. The van der Waals surface area contributed by atoms with Crippen LogP contribution >= 0.6 is 11.6 Å². The van der Waals surface area contributed by atoms with Crippen LogP contribution in [0.5, 0.6) is 0 Å². The number of amides is 1. The second-order valence-corrected chi connectivity index (χ2v) is 4.39. The summed E-state index contributed by atoms with van der Waals surface area (Å²) < 4.78 is 0. The van der Waals surface area contributed by atoms with Crippen molar-refractivity contribution in [1.82, 2.24) is 9.97 Å².